The summed E-state index contributed by atoms with van der Waals surface area (Å²) in [6.45, 7) is 0. The summed E-state index contributed by atoms with van der Waals surface area (Å²) in [5.74, 6) is 0. The Morgan fingerprint density at radius 1 is 1.05 bits per heavy atom. The highest BCUT2D eigenvalue weighted by Crippen LogP contribution is 2.42. The Morgan fingerprint density at radius 3 is 2.24 bits per heavy atom. The van der Waals surface area contributed by atoms with E-state index in [1.165, 1.54) is 12.1 Å². The molecule has 1 saturated heterocycles. The highest BCUT2D eigenvalue weighted by Gasteiger charge is 2.48. The van der Waals surface area contributed by atoms with Crippen molar-refractivity contribution in [1.29, 1.82) is 0 Å². The average molecular weight is 306 g/mol. The molecule has 7 nitrogen and oxygen atoms in total. The van der Waals surface area contributed by atoms with Crippen molar-refractivity contribution in [2.45, 2.75) is 11.1 Å². The molecule has 1 aliphatic heterocycles. The Kier molecular flexibility index (Phi) is 3.20. The van der Waals surface area contributed by atoms with Crippen molar-refractivity contribution in [3.05, 3.63) is 70.3 Å². The quantitative estimate of drug-likeness (QED) is 0.490. The van der Waals surface area contributed by atoms with Crippen molar-refractivity contribution in [2.75, 3.05) is 0 Å². The first-order chi connectivity index (χ1) is 10.00. The summed E-state index contributed by atoms with van der Waals surface area (Å²) in [5, 5.41) is 10.6. The van der Waals surface area contributed by atoms with E-state index >= 15 is 0 Å². The molecular weight excluding hydrogens is 296 g/mol. The molecule has 1 aliphatic rings. The number of rotatable bonds is 4. The van der Waals surface area contributed by atoms with Crippen LogP contribution in [-0.4, -0.2) is 17.8 Å². The first-order valence-corrected chi connectivity index (χ1v) is 7.45. The zero-order valence-electron chi connectivity index (χ0n) is 10.6. The van der Waals surface area contributed by atoms with Crippen LogP contribution in [0.25, 0.3) is 0 Å². The van der Waals surface area contributed by atoms with Gasteiger partial charge in [0.25, 0.3) is 15.7 Å². The van der Waals surface area contributed by atoms with Crippen LogP contribution in [0.15, 0.2) is 59.5 Å². The van der Waals surface area contributed by atoms with Gasteiger partial charge in [0.05, 0.1) is 9.82 Å². The summed E-state index contributed by atoms with van der Waals surface area (Å²) in [5.41, 5.74) is 0.559. The molecule has 108 valence electrons. The van der Waals surface area contributed by atoms with Crippen LogP contribution >= 0.6 is 0 Å². The number of non-ortho nitro benzene ring substituents is 1. The predicted octanol–water partition coefficient (Wildman–Crippen LogP) is 2.23. The van der Waals surface area contributed by atoms with E-state index in [1.807, 2.05) is 6.07 Å². The Labute approximate surface area is 120 Å². The van der Waals surface area contributed by atoms with Crippen LogP contribution < -0.4 is 0 Å². The molecule has 1 fully saturated rings. The van der Waals surface area contributed by atoms with E-state index in [4.69, 9.17) is 4.84 Å². The molecule has 0 N–H and O–H groups in total. The van der Waals surface area contributed by atoms with Crippen LogP contribution in [0.1, 0.15) is 11.8 Å². The summed E-state index contributed by atoms with van der Waals surface area (Å²) >= 11 is 0. The smallest absolute Gasteiger partial charge is 0.258 e. The monoisotopic (exact) mass is 306 g/mol. The summed E-state index contributed by atoms with van der Waals surface area (Å²) in [6, 6.07) is 13.6. The first-order valence-electron chi connectivity index (χ1n) is 6.01. The second-order valence-electron chi connectivity index (χ2n) is 4.38. The molecule has 0 saturated carbocycles. The lowest BCUT2D eigenvalue weighted by Gasteiger charge is -2.02. The Bertz CT molecular complexity index is 774. The molecule has 2 aromatic carbocycles. The summed E-state index contributed by atoms with van der Waals surface area (Å²) in [4.78, 5) is 15.0. The van der Waals surface area contributed by atoms with E-state index in [9.17, 15) is 18.5 Å². The van der Waals surface area contributed by atoms with Crippen molar-refractivity contribution in [1.82, 2.24) is 4.47 Å². The number of nitro benzene ring substituents is 1. The van der Waals surface area contributed by atoms with Gasteiger partial charge in [-0.1, -0.05) is 30.3 Å². The molecule has 1 unspecified atom stereocenters. The molecule has 0 amide bonds. The van der Waals surface area contributed by atoms with Gasteiger partial charge in [-0.05, 0) is 16.6 Å². The van der Waals surface area contributed by atoms with Crippen molar-refractivity contribution in [3.63, 3.8) is 0 Å². The van der Waals surface area contributed by atoms with Crippen LogP contribution in [0.3, 0.4) is 0 Å². The molecule has 0 aromatic heterocycles. The van der Waals surface area contributed by atoms with Crippen molar-refractivity contribution < 1.29 is 18.2 Å². The number of benzene rings is 2. The van der Waals surface area contributed by atoms with Gasteiger partial charge >= 0.3 is 0 Å². The fraction of sp³-hybridized carbons (Fsp3) is 0.0769. The standard InChI is InChI=1S/C13H10N2O5S/c16-14(17)11-6-8-12(9-7-11)21(18,19)15-13(20-15)10-4-2-1-3-5-10/h1-9,13H/t13-,15?/m0/s1. The Balaban J connectivity index is 1.84. The Hall–Kier alpha value is -2.29. The first kappa shape index (κ1) is 13.7. The van der Waals surface area contributed by atoms with E-state index in [-0.39, 0.29) is 10.6 Å². The minimum atomic E-state index is -3.82. The van der Waals surface area contributed by atoms with Crippen LogP contribution in [0.5, 0.6) is 0 Å². The average Bonchev–Trinajstić information content (AvgIpc) is 3.29. The van der Waals surface area contributed by atoms with Gasteiger partial charge in [-0.25, -0.2) is 8.42 Å². The van der Waals surface area contributed by atoms with Crippen LogP contribution in [-0.2, 0) is 14.9 Å². The fourth-order valence-electron chi connectivity index (χ4n) is 1.90. The molecule has 0 aliphatic carbocycles. The minimum Gasteiger partial charge on any atom is -0.258 e. The lowest BCUT2D eigenvalue weighted by atomic mass is 10.2. The number of nitrogens with zero attached hydrogens (tertiary/aromatic N) is 2. The number of nitro groups is 1. The number of sulfonamides is 1. The maximum atomic E-state index is 12.3. The molecule has 0 bridgehead atoms. The van der Waals surface area contributed by atoms with Crippen LogP contribution in [0, 0.1) is 10.1 Å². The summed E-state index contributed by atoms with van der Waals surface area (Å²) in [6.07, 6.45) is -0.647. The third-order valence-electron chi connectivity index (χ3n) is 3.02. The largest absolute Gasteiger partial charge is 0.269 e. The minimum absolute atomic E-state index is 0.0495. The maximum Gasteiger partial charge on any atom is 0.269 e. The third kappa shape index (κ3) is 2.51. The molecule has 8 heteroatoms. The third-order valence-corrected chi connectivity index (χ3v) is 4.64. The molecule has 21 heavy (non-hydrogen) atoms. The predicted molar refractivity (Wildman–Crippen MR) is 72.4 cm³/mol. The van der Waals surface area contributed by atoms with E-state index < -0.39 is 21.2 Å². The van der Waals surface area contributed by atoms with Crippen molar-refractivity contribution in [2.24, 2.45) is 0 Å². The van der Waals surface area contributed by atoms with Gasteiger partial charge in [-0.2, -0.15) is 0 Å². The highest BCUT2D eigenvalue weighted by atomic mass is 32.2. The fourth-order valence-corrected chi connectivity index (χ4v) is 3.15. The highest BCUT2D eigenvalue weighted by molar-refractivity contribution is 7.89. The maximum absolute atomic E-state index is 12.3. The normalized spacial score (nSPS) is 21.0. The van der Waals surface area contributed by atoms with Gasteiger partial charge in [0.1, 0.15) is 0 Å². The molecule has 2 atom stereocenters. The number of hydroxylamine groups is 1. The lowest BCUT2D eigenvalue weighted by molar-refractivity contribution is -0.384. The van der Waals surface area contributed by atoms with Gasteiger partial charge in [-0.3, -0.25) is 15.0 Å². The second kappa shape index (κ2) is 4.92. The van der Waals surface area contributed by atoms with Gasteiger partial charge in [-0.15, -0.1) is 0 Å². The number of hydrogen-bond acceptors (Lipinski definition) is 5. The molecular formula is C13H10N2O5S. The van der Waals surface area contributed by atoms with Gasteiger partial charge in [0.15, 0.2) is 6.23 Å². The topological polar surface area (TPSA) is 92.8 Å². The summed E-state index contributed by atoms with van der Waals surface area (Å²) < 4.78 is 25.5. The molecule has 1 heterocycles. The zero-order valence-corrected chi connectivity index (χ0v) is 11.4. The van der Waals surface area contributed by atoms with Gasteiger partial charge in [0, 0.05) is 17.7 Å². The van der Waals surface area contributed by atoms with E-state index in [1.54, 1.807) is 24.3 Å². The lowest BCUT2D eigenvalue weighted by Crippen LogP contribution is -2.12. The molecule has 0 spiro atoms. The van der Waals surface area contributed by atoms with Gasteiger partial charge in [0.2, 0.25) is 0 Å². The van der Waals surface area contributed by atoms with E-state index in [0.29, 0.717) is 0 Å². The molecule has 0 radical (unpaired) electrons. The van der Waals surface area contributed by atoms with Crippen LogP contribution in [0.2, 0.25) is 0 Å². The summed E-state index contributed by atoms with van der Waals surface area (Å²) in [7, 11) is -3.82. The zero-order chi connectivity index (χ0) is 15.0. The SMILES string of the molecule is O=[N+]([O-])c1ccc(S(=O)(=O)N2O[C@H]2c2ccccc2)cc1. The van der Waals surface area contributed by atoms with E-state index in [2.05, 4.69) is 0 Å². The van der Waals surface area contributed by atoms with Crippen molar-refractivity contribution >= 4 is 15.7 Å². The molecule has 3 rings (SSSR count). The van der Waals surface area contributed by atoms with Crippen LogP contribution in [0.4, 0.5) is 5.69 Å². The van der Waals surface area contributed by atoms with E-state index in [0.717, 1.165) is 22.2 Å². The molecule has 2 aromatic rings. The Morgan fingerprint density at radius 2 is 1.67 bits per heavy atom. The van der Waals surface area contributed by atoms with Crippen molar-refractivity contribution in [3.8, 4) is 0 Å². The van der Waals surface area contributed by atoms with Gasteiger partial charge < -0.3 is 0 Å². The second-order valence-corrected chi connectivity index (χ2v) is 6.16. The number of hydrogen-bond donors (Lipinski definition) is 0.